The van der Waals surface area contributed by atoms with Crippen LogP contribution in [0.2, 0.25) is 0 Å². The molecule has 1 heterocycles. The first-order valence-corrected chi connectivity index (χ1v) is 6.89. The van der Waals surface area contributed by atoms with Crippen LogP contribution in [-0.2, 0) is 6.54 Å². The minimum absolute atomic E-state index is 0.269. The molecule has 1 aromatic heterocycles. The molecule has 4 nitrogen and oxygen atoms in total. The van der Waals surface area contributed by atoms with E-state index in [0.717, 1.165) is 36.0 Å². The van der Waals surface area contributed by atoms with Crippen LogP contribution < -0.4 is 4.74 Å². The van der Waals surface area contributed by atoms with E-state index in [0.29, 0.717) is 5.88 Å². The molecule has 4 heteroatoms. The molecule has 2 aromatic rings. The van der Waals surface area contributed by atoms with Crippen LogP contribution >= 0.6 is 0 Å². The predicted molar refractivity (Wildman–Crippen MR) is 80.9 cm³/mol. The summed E-state index contributed by atoms with van der Waals surface area (Å²) in [6, 6.07) is 10.2. The first kappa shape index (κ1) is 14.8. The lowest BCUT2D eigenvalue weighted by atomic mass is 10.1. The van der Waals surface area contributed by atoms with Gasteiger partial charge in [0, 0.05) is 24.0 Å². The highest BCUT2D eigenvalue weighted by Crippen LogP contribution is 2.23. The first-order chi connectivity index (χ1) is 9.60. The van der Waals surface area contributed by atoms with E-state index in [1.165, 1.54) is 0 Å². The molecule has 0 fully saturated rings. The zero-order valence-corrected chi connectivity index (χ0v) is 12.3. The maximum absolute atomic E-state index is 9.35. The average Bonchev–Trinajstić information content (AvgIpc) is 2.44. The van der Waals surface area contributed by atoms with Gasteiger partial charge in [-0.3, -0.25) is 0 Å². The van der Waals surface area contributed by atoms with E-state index < -0.39 is 0 Å². The summed E-state index contributed by atoms with van der Waals surface area (Å²) in [5.41, 5.74) is 2.01. The standard InChI is InChI=1S/C16H22N2O2/c1-12(19)8-9-18(2)11-14-10-13-6-4-5-7-15(13)17-16(14)20-3/h4-7,10,12,19H,8-9,11H2,1-3H3. The molecule has 1 aromatic carbocycles. The second kappa shape index (κ2) is 6.68. The molecule has 0 saturated heterocycles. The van der Waals surface area contributed by atoms with Crippen molar-refractivity contribution < 1.29 is 9.84 Å². The monoisotopic (exact) mass is 274 g/mol. The van der Waals surface area contributed by atoms with Crippen LogP contribution in [0, 0.1) is 0 Å². The fourth-order valence-corrected chi connectivity index (χ4v) is 2.21. The van der Waals surface area contributed by atoms with Gasteiger partial charge < -0.3 is 14.7 Å². The van der Waals surface area contributed by atoms with Crippen molar-refractivity contribution in [1.29, 1.82) is 0 Å². The molecule has 1 atom stereocenters. The fraction of sp³-hybridized carbons (Fsp3) is 0.438. The topological polar surface area (TPSA) is 45.6 Å². The normalized spacial score (nSPS) is 12.8. The van der Waals surface area contributed by atoms with Gasteiger partial charge in [0.1, 0.15) is 0 Å². The fourth-order valence-electron chi connectivity index (χ4n) is 2.21. The quantitative estimate of drug-likeness (QED) is 0.879. The van der Waals surface area contributed by atoms with Crippen molar-refractivity contribution in [3.8, 4) is 5.88 Å². The van der Waals surface area contributed by atoms with Crippen molar-refractivity contribution in [2.24, 2.45) is 0 Å². The number of aromatic nitrogens is 1. The number of aliphatic hydroxyl groups is 1. The number of pyridine rings is 1. The van der Waals surface area contributed by atoms with Crippen molar-refractivity contribution in [3.63, 3.8) is 0 Å². The highest BCUT2D eigenvalue weighted by atomic mass is 16.5. The Balaban J connectivity index is 2.19. The molecule has 2 rings (SSSR count). The molecule has 0 aliphatic rings. The predicted octanol–water partition coefficient (Wildman–Crippen LogP) is 2.45. The van der Waals surface area contributed by atoms with E-state index in [9.17, 15) is 5.11 Å². The number of ether oxygens (including phenoxy) is 1. The minimum Gasteiger partial charge on any atom is -0.481 e. The molecule has 0 aliphatic carbocycles. The first-order valence-electron chi connectivity index (χ1n) is 6.89. The number of para-hydroxylation sites is 1. The summed E-state index contributed by atoms with van der Waals surface area (Å²) in [5, 5.41) is 10.5. The van der Waals surface area contributed by atoms with Crippen LogP contribution in [0.25, 0.3) is 10.9 Å². The van der Waals surface area contributed by atoms with E-state index in [2.05, 4.69) is 22.0 Å². The van der Waals surface area contributed by atoms with Gasteiger partial charge >= 0.3 is 0 Å². The highest BCUT2D eigenvalue weighted by Gasteiger charge is 2.10. The number of benzene rings is 1. The van der Waals surface area contributed by atoms with Gasteiger partial charge in [0.15, 0.2) is 0 Å². The second-order valence-electron chi connectivity index (χ2n) is 5.22. The summed E-state index contributed by atoms with van der Waals surface area (Å²) in [4.78, 5) is 6.71. The van der Waals surface area contributed by atoms with Crippen LogP contribution in [-0.4, -0.2) is 41.8 Å². The number of methoxy groups -OCH3 is 1. The molecule has 1 unspecified atom stereocenters. The number of rotatable bonds is 6. The Morgan fingerprint density at radius 2 is 2.10 bits per heavy atom. The molecular formula is C16H22N2O2. The molecule has 20 heavy (non-hydrogen) atoms. The van der Waals surface area contributed by atoms with E-state index in [1.54, 1.807) is 7.11 Å². The van der Waals surface area contributed by atoms with Crippen LogP contribution in [0.1, 0.15) is 18.9 Å². The van der Waals surface area contributed by atoms with Crippen molar-refractivity contribution >= 4 is 10.9 Å². The number of fused-ring (bicyclic) bond motifs is 1. The number of hydrogen-bond acceptors (Lipinski definition) is 4. The maximum Gasteiger partial charge on any atom is 0.218 e. The molecule has 0 radical (unpaired) electrons. The SMILES string of the molecule is COc1nc2ccccc2cc1CN(C)CCC(C)O. The lowest BCUT2D eigenvalue weighted by Gasteiger charge is -2.19. The summed E-state index contributed by atoms with van der Waals surface area (Å²) in [5.74, 6) is 0.674. The molecule has 0 spiro atoms. The summed E-state index contributed by atoms with van der Waals surface area (Å²) in [7, 11) is 3.69. The smallest absolute Gasteiger partial charge is 0.218 e. The Hall–Kier alpha value is -1.65. The largest absolute Gasteiger partial charge is 0.481 e. The minimum atomic E-state index is -0.269. The summed E-state index contributed by atoms with van der Waals surface area (Å²) in [6.07, 6.45) is 0.494. The number of aliphatic hydroxyl groups excluding tert-OH is 1. The van der Waals surface area contributed by atoms with Crippen LogP contribution in [0.15, 0.2) is 30.3 Å². The molecule has 0 amide bonds. The van der Waals surface area contributed by atoms with Gasteiger partial charge in [-0.05, 0) is 32.5 Å². The third-order valence-electron chi connectivity index (χ3n) is 3.33. The van der Waals surface area contributed by atoms with Gasteiger partial charge in [-0.1, -0.05) is 18.2 Å². The average molecular weight is 274 g/mol. The van der Waals surface area contributed by atoms with Crippen LogP contribution in [0.3, 0.4) is 0 Å². The number of hydrogen-bond donors (Lipinski definition) is 1. The van der Waals surface area contributed by atoms with Crippen molar-refractivity contribution in [3.05, 3.63) is 35.9 Å². The Morgan fingerprint density at radius 3 is 2.80 bits per heavy atom. The van der Waals surface area contributed by atoms with Crippen LogP contribution in [0.4, 0.5) is 0 Å². The molecule has 0 bridgehead atoms. The van der Waals surface area contributed by atoms with E-state index in [1.807, 2.05) is 32.2 Å². The van der Waals surface area contributed by atoms with Gasteiger partial charge in [-0.2, -0.15) is 0 Å². The lowest BCUT2D eigenvalue weighted by molar-refractivity contribution is 0.162. The maximum atomic E-state index is 9.35. The zero-order valence-electron chi connectivity index (χ0n) is 12.3. The van der Waals surface area contributed by atoms with Crippen molar-refractivity contribution in [2.45, 2.75) is 26.0 Å². The Kier molecular flexibility index (Phi) is 4.93. The molecule has 0 saturated carbocycles. The summed E-state index contributed by atoms with van der Waals surface area (Å²) in [6.45, 7) is 3.41. The summed E-state index contributed by atoms with van der Waals surface area (Å²) < 4.78 is 5.39. The van der Waals surface area contributed by atoms with Gasteiger partial charge in [0.2, 0.25) is 5.88 Å². The van der Waals surface area contributed by atoms with Crippen molar-refractivity contribution in [1.82, 2.24) is 9.88 Å². The second-order valence-corrected chi connectivity index (χ2v) is 5.22. The molecule has 108 valence electrons. The number of nitrogens with zero attached hydrogens (tertiary/aromatic N) is 2. The van der Waals surface area contributed by atoms with Gasteiger partial charge in [-0.25, -0.2) is 4.98 Å². The zero-order chi connectivity index (χ0) is 14.5. The third-order valence-corrected chi connectivity index (χ3v) is 3.33. The summed E-state index contributed by atoms with van der Waals surface area (Å²) >= 11 is 0. The van der Waals surface area contributed by atoms with Gasteiger partial charge in [0.25, 0.3) is 0 Å². The molecule has 1 N–H and O–H groups in total. The molecular weight excluding hydrogens is 252 g/mol. The molecule has 0 aliphatic heterocycles. The third kappa shape index (κ3) is 3.68. The van der Waals surface area contributed by atoms with Crippen LogP contribution in [0.5, 0.6) is 5.88 Å². The Labute approximate surface area is 120 Å². The lowest BCUT2D eigenvalue weighted by Crippen LogP contribution is -2.22. The Bertz CT molecular complexity index is 569. The highest BCUT2D eigenvalue weighted by molar-refractivity contribution is 5.80. The van der Waals surface area contributed by atoms with Gasteiger partial charge in [-0.15, -0.1) is 0 Å². The van der Waals surface area contributed by atoms with E-state index in [-0.39, 0.29) is 6.10 Å². The van der Waals surface area contributed by atoms with E-state index in [4.69, 9.17) is 4.74 Å². The van der Waals surface area contributed by atoms with Crippen molar-refractivity contribution in [2.75, 3.05) is 20.7 Å². The van der Waals surface area contributed by atoms with Gasteiger partial charge in [0.05, 0.1) is 18.7 Å². The Morgan fingerprint density at radius 1 is 1.35 bits per heavy atom. The van der Waals surface area contributed by atoms with E-state index >= 15 is 0 Å².